The lowest BCUT2D eigenvalue weighted by atomic mass is 9.89. The molecule has 2 atom stereocenters. The number of nitrogens with zero attached hydrogens (tertiary/aromatic N) is 1. The van der Waals surface area contributed by atoms with Gasteiger partial charge in [-0.2, -0.15) is 0 Å². The van der Waals surface area contributed by atoms with Crippen LogP contribution >= 0.6 is 0 Å². The van der Waals surface area contributed by atoms with Crippen molar-refractivity contribution in [3.8, 4) is 5.75 Å². The number of hydrogen-bond acceptors (Lipinski definition) is 3. The van der Waals surface area contributed by atoms with Crippen molar-refractivity contribution in [3.63, 3.8) is 0 Å². The van der Waals surface area contributed by atoms with Crippen LogP contribution in [0.25, 0.3) is 10.8 Å². The van der Waals surface area contributed by atoms with Crippen LogP contribution in [0.15, 0.2) is 36.4 Å². The highest BCUT2D eigenvalue weighted by Gasteiger charge is 2.37. The molecule has 2 aromatic carbocycles. The average Bonchev–Trinajstić information content (AvgIpc) is 2.61. The van der Waals surface area contributed by atoms with Crippen LogP contribution in [-0.4, -0.2) is 41.2 Å². The molecule has 1 aliphatic heterocycles. The van der Waals surface area contributed by atoms with E-state index in [1.807, 2.05) is 35.2 Å². The minimum atomic E-state index is -0.0755. The second kappa shape index (κ2) is 5.85. The first-order valence-corrected chi connectivity index (χ1v) is 8.39. The summed E-state index contributed by atoms with van der Waals surface area (Å²) in [5, 5.41) is 12.2. The predicted molar refractivity (Wildman–Crippen MR) is 88.6 cm³/mol. The number of phenols is 1. The molecule has 0 aromatic heterocycles. The lowest BCUT2D eigenvalue weighted by Gasteiger charge is -2.43. The molecule has 4 nitrogen and oxygen atoms in total. The highest BCUT2D eigenvalue weighted by Crippen LogP contribution is 2.33. The van der Waals surface area contributed by atoms with Crippen molar-refractivity contribution in [1.82, 2.24) is 4.90 Å². The Bertz CT molecular complexity index is 740. The fraction of sp³-hybridized carbons (Fsp3) is 0.421. The third kappa shape index (κ3) is 2.47. The molecule has 4 heteroatoms. The van der Waals surface area contributed by atoms with Crippen LogP contribution in [0.3, 0.4) is 0 Å². The summed E-state index contributed by atoms with van der Waals surface area (Å²) in [7, 11) is 0. The Hall–Kier alpha value is -2.07. The largest absolute Gasteiger partial charge is 0.506 e. The highest BCUT2D eigenvalue weighted by molar-refractivity contribution is 6.03. The summed E-state index contributed by atoms with van der Waals surface area (Å²) in [5.41, 5.74) is 0.398. The molecule has 0 unspecified atom stereocenters. The molecule has 4 rings (SSSR count). The summed E-state index contributed by atoms with van der Waals surface area (Å²) >= 11 is 0. The molecule has 0 radical (unpaired) electrons. The van der Waals surface area contributed by atoms with E-state index in [0.29, 0.717) is 18.7 Å². The van der Waals surface area contributed by atoms with Crippen LogP contribution in [0.1, 0.15) is 36.0 Å². The van der Waals surface area contributed by atoms with E-state index in [-0.39, 0.29) is 23.8 Å². The SMILES string of the molecule is O=C(c1ccc2ccccc2c1O)N1CCO[C@H]2CCCC[C@H]21. The second-order valence-electron chi connectivity index (χ2n) is 6.44. The van der Waals surface area contributed by atoms with Crippen LogP contribution < -0.4 is 0 Å². The van der Waals surface area contributed by atoms with Gasteiger partial charge in [0.05, 0.1) is 24.3 Å². The summed E-state index contributed by atoms with van der Waals surface area (Å²) in [5.74, 6) is 0.0143. The standard InChI is InChI=1S/C19H21NO3/c21-18-14-6-2-1-5-13(14)9-10-15(18)19(22)20-11-12-23-17-8-4-3-7-16(17)20/h1-2,5-6,9-10,16-17,21H,3-4,7-8,11-12H2/t16-,17+/m1/s1. The molecular weight excluding hydrogens is 290 g/mol. The van der Waals surface area contributed by atoms with Crippen LogP contribution in [-0.2, 0) is 4.74 Å². The normalized spacial score (nSPS) is 24.4. The second-order valence-corrected chi connectivity index (χ2v) is 6.44. The first-order chi connectivity index (χ1) is 11.3. The van der Waals surface area contributed by atoms with E-state index in [1.54, 1.807) is 6.07 Å². The number of rotatable bonds is 1. The zero-order valence-electron chi connectivity index (χ0n) is 13.1. The molecule has 1 saturated carbocycles. The maximum absolute atomic E-state index is 13.0. The van der Waals surface area contributed by atoms with E-state index in [9.17, 15) is 9.90 Å². The van der Waals surface area contributed by atoms with Crippen LogP contribution in [0, 0.1) is 0 Å². The van der Waals surface area contributed by atoms with Crippen molar-refractivity contribution in [3.05, 3.63) is 42.0 Å². The Balaban J connectivity index is 1.69. The predicted octanol–water partition coefficient (Wildman–Crippen LogP) is 3.33. The molecule has 0 spiro atoms. The van der Waals surface area contributed by atoms with Crippen molar-refractivity contribution >= 4 is 16.7 Å². The molecule has 23 heavy (non-hydrogen) atoms. The number of aromatic hydroxyl groups is 1. The van der Waals surface area contributed by atoms with E-state index < -0.39 is 0 Å². The summed E-state index contributed by atoms with van der Waals surface area (Å²) in [6, 6.07) is 11.4. The van der Waals surface area contributed by atoms with Gasteiger partial charge in [0.1, 0.15) is 5.75 Å². The summed E-state index contributed by atoms with van der Waals surface area (Å²) in [6.45, 7) is 1.19. The highest BCUT2D eigenvalue weighted by atomic mass is 16.5. The lowest BCUT2D eigenvalue weighted by Crippen LogP contribution is -2.54. The van der Waals surface area contributed by atoms with Crippen molar-refractivity contribution in [2.75, 3.05) is 13.2 Å². The Kier molecular flexibility index (Phi) is 3.69. The Labute approximate surface area is 135 Å². The summed E-state index contributed by atoms with van der Waals surface area (Å²) in [6.07, 6.45) is 4.48. The Morgan fingerprint density at radius 3 is 2.87 bits per heavy atom. The maximum atomic E-state index is 13.0. The molecule has 1 aliphatic carbocycles. The van der Waals surface area contributed by atoms with Gasteiger partial charge in [-0.3, -0.25) is 4.79 Å². The summed E-state index contributed by atoms with van der Waals surface area (Å²) in [4.78, 5) is 14.9. The Morgan fingerprint density at radius 1 is 1.13 bits per heavy atom. The molecule has 0 bridgehead atoms. The molecule has 120 valence electrons. The molecule has 2 aliphatic rings. The number of fused-ring (bicyclic) bond motifs is 2. The van der Waals surface area contributed by atoms with Gasteiger partial charge in [0.15, 0.2) is 0 Å². The lowest BCUT2D eigenvalue weighted by molar-refractivity contribution is -0.0753. The van der Waals surface area contributed by atoms with Crippen molar-refractivity contribution in [1.29, 1.82) is 0 Å². The third-order valence-electron chi connectivity index (χ3n) is 5.12. The van der Waals surface area contributed by atoms with Gasteiger partial charge in [0.25, 0.3) is 5.91 Å². The average molecular weight is 311 g/mol. The zero-order chi connectivity index (χ0) is 15.8. The number of carbonyl (C=O) groups is 1. The molecule has 2 fully saturated rings. The fourth-order valence-electron chi connectivity index (χ4n) is 3.93. The monoisotopic (exact) mass is 311 g/mol. The number of amides is 1. The molecule has 1 amide bonds. The molecule has 1 saturated heterocycles. The number of ether oxygens (including phenoxy) is 1. The van der Waals surface area contributed by atoms with Gasteiger partial charge in [-0.1, -0.05) is 43.2 Å². The van der Waals surface area contributed by atoms with Gasteiger partial charge in [-0.15, -0.1) is 0 Å². The van der Waals surface area contributed by atoms with E-state index in [4.69, 9.17) is 4.74 Å². The first-order valence-electron chi connectivity index (χ1n) is 8.39. The van der Waals surface area contributed by atoms with Gasteiger partial charge in [0.2, 0.25) is 0 Å². The molecule has 2 aromatic rings. The van der Waals surface area contributed by atoms with Crippen LogP contribution in [0.4, 0.5) is 0 Å². The number of hydrogen-bond donors (Lipinski definition) is 1. The van der Waals surface area contributed by atoms with E-state index in [0.717, 1.165) is 30.0 Å². The minimum absolute atomic E-state index is 0.0755. The van der Waals surface area contributed by atoms with Gasteiger partial charge in [0, 0.05) is 11.9 Å². The van der Waals surface area contributed by atoms with Crippen molar-refractivity contribution in [2.45, 2.75) is 37.8 Å². The minimum Gasteiger partial charge on any atom is -0.506 e. The maximum Gasteiger partial charge on any atom is 0.258 e. The van der Waals surface area contributed by atoms with Crippen LogP contribution in [0.2, 0.25) is 0 Å². The van der Waals surface area contributed by atoms with Gasteiger partial charge in [-0.05, 0) is 24.3 Å². The number of phenolic OH excluding ortho intramolecular Hbond substituents is 1. The fourth-order valence-corrected chi connectivity index (χ4v) is 3.93. The molecule has 1 heterocycles. The molecule has 1 N–H and O–H groups in total. The number of morpholine rings is 1. The van der Waals surface area contributed by atoms with E-state index in [2.05, 4.69) is 0 Å². The quantitative estimate of drug-likeness (QED) is 0.879. The van der Waals surface area contributed by atoms with Gasteiger partial charge in [-0.25, -0.2) is 0 Å². The van der Waals surface area contributed by atoms with E-state index in [1.165, 1.54) is 6.42 Å². The third-order valence-corrected chi connectivity index (χ3v) is 5.12. The summed E-state index contributed by atoms with van der Waals surface area (Å²) < 4.78 is 5.84. The van der Waals surface area contributed by atoms with Gasteiger partial charge >= 0.3 is 0 Å². The van der Waals surface area contributed by atoms with Crippen LogP contribution in [0.5, 0.6) is 5.75 Å². The van der Waals surface area contributed by atoms with Crippen molar-refractivity contribution in [2.24, 2.45) is 0 Å². The smallest absolute Gasteiger partial charge is 0.258 e. The zero-order valence-corrected chi connectivity index (χ0v) is 13.1. The van der Waals surface area contributed by atoms with E-state index >= 15 is 0 Å². The molecular formula is C19H21NO3. The number of carbonyl (C=O) groups excluding carboxylic acids is 1. The Morgan fingerprint density at radius 2 is 1.96 bits per heavy atom. The number of benzene rings is 2. The topological polar surface area (TPSA) is 49.8 Å². The van der Waals surface area contributed by atoms with Crippen molar-refractivity contribution < 1.29 is 14.6 Å². The first kappa shape index (κ1) is 14.5. The van der Waals surface area contributed by atoms with Gasteiger partial charge < -0.3 is 14.7 Å².